The summed E-state index contributed by atoms with van der Waals surface area (Å²) < 4.78 is 0. The molecule has 0 fully saturated rings. The molecule has 142 valence electrons. The van der Waals surface area contributed by atoms with E-state index < -0.39 is 0 Å². The van der Waals surface area contributed by atoms with Crippen molar-refractivity contribution in [3.05, 3.63) is 107 Å². The highest BCUT2D eigenvalue weighted by Gasteiger charge is 2.14. The molecule has 1 aromatic heterocycles. The smallest absolute Gasteiger partial charge is 0.223 e. The van der Waals surface area contributed by atoms with E-state index in [9.17, 15) is 5.11 Å². The van der Waals surface area contributed by atoms with Gasteiger partial charge in [-0.15, -0.1) is 5.73 Å². The monoisotopic (exact) mass is 390 g/mol. The minimum Gasteiger partial charge on any atom is -0.396 e. The molecule has 0 atom stereocenters. The highest BCUT2D eigenvalue weighted by Crippen LogP contribution is 2.27. The topological polar surface area (TPSA) is 46.0 Å². The van der Waals surface area contributed by atoms with E-state index in [0.717, 1.165) is 27.9 Å². The van der Waals surface area contributed by atoms with Gasteiger partial charge in [0.1, 0.15) is 0 Å². The second kappa shape index (κ2) is 10.4. The summed E-state index contributed by atoms with van der Waals surface area (Å²) >= 11 is 6.21. The van der Waals surface area contributed by atoms with Crippen LogP contribution < -0.4 is 0 Å². The summed E-state index contributed by atoms with van der Waals surface area (Å²) in [5, 5.41) is 9.42. The number of nitrogens with zero attached hydrogens (tertiary/aromatic N) is 2. The number of rotatable bonds is 7. The number of allylic oxidation sites excluding steroid dienone is 9. The Bertz CT molecular complexity index is 984. The van der Waals surface area contributed by atoms with Gasteiger partial charge in [0.05, 0.1) is 11.4 Å². The van der Waals surface area contributed by atoms with Crippen molar-refractivity contribution in [2.45, 2.75) is 13.3 Å². The molecule has 0 radical (unpaired) electrons. The maximum absolute atomic E-state index is 9.28. The van der Waals surface area contributed by atoms with Crippen LogP contribution >= 0.6 is 11.6 Å². The van der Waals surface area contributed by atoms with Crippen LogP contribution in [0.4, 0.5) is 0 Å². The maximum atomic E-state index is 9.28. The molecular weight excluding hydrogens is 368 g/mol. The first-order valence-corrected chi connectivity index (χ1v) is 9.18. The van der Waals surface area contributed by atoms with Gasteiger partial charge in [-0.3, -0.25) is 0 Å². The first-order valence-electron chi connectivity index (χ1n) is 8.80. The fraction of sp³-hybridized carbons (Fsp3) is 0.125. The van der Waals surface area contributed by atoms with Gasteiger partial charge >= 0.3 is 0 Å². The Morgan fingerprint density at radius 3 is 2.64 bits per heavy atom. The first-order chi connectivity index (χ1) is 13.5. The van der Waals surface area contributed by atoms with E-state index in [1.807, 2.05) is 43.4 Å². The van der Waals surface area contributed by atoms with Crippen molar-refractivity contribution in [3.8, 4) is 0 Å². The molecule has 0 spiro atoms. The summed E-state index contributed by atoms with van der Waals surface area (Å²) in [6.45, 7) is 13.5. The van der Waals surface area contributed by atoms with E-state index in [-0.39, 0.29) is 11.9 Å². The van der Waals surface area contributed by atoms with Crippen LogP contribution in [0.2, 0.25) is 5.28 Å². The van der Waals surface area contributed by atoms with Crippen molar-refractivity contribution in [1.29, 1.82) is 0 Å². The Hall–Kier alpha value is -2.97. The lowest BCUT2D eigenvalue weighted by atomic mass is 9.99. The van der Waals surface area contributed by atoms with Crippen LogP contribution in [-0.2, 0) is 0 Å². The van der Waals surface area contributed by atoms with E-state index in [1.54, 1.807) is 18.2 Å². The number of aliphatic hydroxyl groups excluding tert-OH is 1. The van der Waals surface area contributed by atoms with Crippen molar-refractivity contribution < 1.29 is 5.11 Å². The molecule has 0 unspecified atom stereocenters. The third-order valence-corrected chi connectivity index (χ3v) is 4.14. The number of hydrogen-bond acceptors (Lipinski definition) is 3. The molecule has 0 saturated carbocycles. The molecule has 1 N–H and O–H groups in total. The minimum absolute atomic E-state index is 0.0582. The highest BCUT2D eigenvalue weighted by molar-refractivity contribution is 6.28. The van der Waals surface area contributed by atoms with Gasteiger partial charge in [0, 0.05) is 17.7 Å². The van der Waals surface area contributed by atoms with Crippen molar-refractivity contribution >= 4 is 29.3 Å². The Balaban J connectivity index is 2.63. The van der Waals surface area contributed by atoms with Gasteiger partial charge in [0.15, 0.2) is 0 Å². The van der Waals surface area contributed by atoms with Crippen molar-refractivity contribution in [2.24, 2.45) is 0 Å². The molecule has 2 rings (SSSR count). The molecule has 0 amide bonds. The Morgan fingerprint density at radius 1 is 1.21 bits per heavy atom. The van der Waals surface area contributed by atoms with Gasteiger partial charge in [-0.2, -0.15) is 0 Å². The average molecular weight is 391 g/mol. The van der Waals surface area contributed by atoms with E-state index in [0.29, 0.717) is 17.8 Å². The summed E-state index contributed by atoms with van der Waals surface area (Å²) in [4.78, 5) is 8.81. The third-order valence-electron chi connectivity index (χ3n) is 3.97. The standard InChI is InChI=1S/C24H23ClN2O/c1-5-9-20(12-8-10-18(4)17(2)3)23-21-13-7-6-11-19(14-15-28)16-22(21)26-24(25)27-23/h5-7,9-13,16,28H,1-2,4,14-15H2,3H3. The zero-order valence-electron chi connectivity index (χ0n) is 16.0. The predicted molar refractivity (Wildman–Crippen MR) is 120 cm³/mol. The van der Waals surface area contributed by atoms with E-state index in [1.165, 1.54) is 0 Å². The van der Waals surface area contributed by atoms with Crippen LogP contribution in [-0.4, -0.2) is 21.7 Å². The highest BCUT2D eigenvalue weighted by atomic mass is 35.5. The molecule has 4 heteroatoms. The lowest BCUT2D eigenvalue weighted by Crippen LogP contribution is -2.01. The summed E-state index contributed by atoms with van der Waals surface area (Å²) in [5.41, 5.74) is 8.72. The summed E-state index contributed by atoms with van der Waals surface area (Å²) in [6.07, 6.45) is 17.2. The number of hydrogen-bond donors (Lipinski definition) is 1. The number of fused-ring (bicyclic) bond motifs is 1. The number of aliphatic hydroxyl groups is 1. The number of halogens is 1. The molecule has 0 aliphatic heterocycles. The SMILES string of the molecule is C=CC=C(C=C=CC(=C)C(=C)C)c1nc(Cl)nc2c1C=CC=CC(CCO)=C2. The van der Waals surface area contributed by atoms with Crippen molar-refractivity contribution in [2.75, 3.05) is 6.61 Å². The maximum Gasteiger partial charge on any atom is 0.223 e. The Morgan fingerprint density at radius 2 is 1.96 bits per heavy atom. The number of aromatic nitrogens is 2. The molecule has 28 heavy (non-hydrogen) atoms. The Labute approximate surface area is 171 Å². The molecule has 0 aromatic carbocycles. The molecule has 1 aromatic rings. The van der Waals surface area contributed by atoms with Crippen molar-refractivity contribution in [3.63, 3.8) is 0 Å². The average Bonchev–Trinajstić information content (AvgIpc) is 2.63. The lowest BCUT2D eigenvalue weighted by Gasteiger charge is -2.12. The van der Waals surface area contributed by atoms with Gasteiger partial charge in [-0.25, -0.2) is 9.97 Å². The van der Waals surface area contributed by atoms with Gasteiger partial charge in [0.2, 0.25) is 5.28 Å². The van der Waals surface area contributed by atoms with Gasteiger partial charge in [-0.05, 0) is 54.3 Å². The Kier molecular flexibility index (Phi) is 7.91. The van der Waals surface area contributed by atoms with Crippen molar-refractivity contribution in [1.82, 2.24) is 9.97 Å². The quantitative estimate of drug-likeness (QED) is 0.358. The predicted octanol–water partition coefficient (Wildman–Crippen LogP) is 5.89. The molecule has 3 nitrogen and oxygen atoms in total. The first kappa shape index (κ1) is 21.3. The summed E-state index contributed by atoms with van der Waals surface area (Å²) in [5.74, 6) is 0. The van der Waals surface area contributed by atoms with Gasteiger partial charge < -0.3 is 5.11 Å². The van der Waals surface area contributed by atoms with Gasteiger partial charge in [-0.1, -0.05) is 61.8 Å². The van der Waals surface area contributed by atoms with Crippen LogP contribution in [0, 0.1) is 0 Å². The van der Waals surface area contributed by atoms with E-state index in [2.05, 4.69) is 35.4 Å². The minimum atomic E-state index is 0.0582. The fourth-order valence-electron chi connectivity index (χ4n) is 2.47. The molecule has 0 bridgehead atoms. The van der Waals surface area contributed by atoms with Crippen LogP contribution in [0.1, 0.15) is 30.3 Å². The molecule has 0 saturated heterocycles. The summed E-state index contributed by atoms with van der Waals surface area (Å²) in [7, 11) is 0. The largest absolute Gasteiger partial charge is 0.396 e. The van der Waals surface area contributed by atoms with Gasteiger partial charge in [0.25, 0.3) is 0 Å². The van der Waals surface area contributed by atoms with E-state index >= 15 is 0 Å². The van der Waals surface area contributed by atoms with Crippen LogP contribution in [0.15, 0.2) is 84.7 Å². The zero-order valence-corrected chi connectivity index (χ0v) is 16.7. The molecule has 1 heterocycles. The fourth-order valence-corrected chi connectivity index (χ4v) is 2.65. The molecule has 1 aliphatic carbocycles. The second-order valence-electron chi connectivity index (χ2n) is 6.17. The van der Waals surface area contributed by atoms with Crippen LogP contribution in [0.3, 0.4) is 0 Å². The van der Waals surface area contributed by atoms with E-state index in [4.69, 9.17) is 11.6 Å². The van der Waals surface area contributed by atoms with Crippen LogP contribution in [0.25, 0.3) is 17.7 Å². The molecular formula is C24H23ClN2O. The third kappa shape index (κ3) is 5.77. The summed E-state index contributed by atoms with van der Waals surface area (Å²) in [6, 6.07) is 0. The zero-order chi connectivity index (χ0) is 20.5. The second-order valence-corrected chi connectivity index (χ2v) is 6.51. The lowest BCUT2D eigenvalue weighted by molar-refractivity contribution is 0.300. The normalized spacial score (nSPS) is 12.8. The van der Waals surface area contributed by atoms with Crippen LogP contribution in [0.5, 0.6) is 0 Å². The molecule has 1 aliphatic rings.